The summed E-state index contributed by atoms with van der Waals surface area (Å²) >= 11 is 0. The van der Waals surface area contributed by atoms with Crippen molar-refractivity contribution in [2.24, 2.45) is 0 Å². The van der Waals surface area contributed by atoms with Crippen molar-refractivity contribution in [3.8, 4) is 5.75 Å². The highest BCUT2D eigenvalue weighted by Gasteiger charge is 2.24. The average Bonchev–Trinajstić information content (AvgIpc) is 2.49. The van der Waals surface area contributed by atoms with Crippen LogP contribution in [0.1, 0.15) is 37.7 Å². The highest BCUT2D eigenvalue weighted by atomic mass is 16.5. The number of hydrogen-bond donors (Lipinski definition) is 3. The number of carbonyl (C=O) groups is 1. The number of ether oxygens (including phenoxy) is 1. The van der Waals surface area contributed by atoms with Gasteiger partial charge in [-0.15, -0.1) is 0 Å². The first-order valence-electron chi connectivity index (χ1n) is 7.74. The summed E-state index contributed by atoms with van der Waals surface area (Å²) in [5.74, 6) is 0.912. The lowest BCUT2D eigenvalue weighted by atomic mass is 9.93. The lowest BCUT2D eigenvalue weighted by molar-refractivity contribution is 0.0955. The van der Waals surface area contributed by atoms with Gasteiger partial charge < -0.3 is 20.5 Å². The maximum atomic E-state index is 12.0. The molecule has 3 rings (SSSR count). The van der Waals surface area contributed by atoms with Gasteiger partial charge in [-0.25, -0.2) is 4.79 Å². The SMILES string of the molecule is O=C(Nc1ccc2c(c1)CCCO2)N[C@H]1CCCC[C@H]1O. The molecule has 2 aliphatic rings. The zero-order valence-electron chi connectivity index (χ0n) is 12.1. The number of hydrogen-bond acceptors (Lipinski definition) is 3. The zero-order valence-corrected chi connectivity index (χ0v) is 12.1. The third-order valence-corrected chi connectivity index (χ3v) is 4.21. The molecular formula is C16H22N2O3. The highest BCUT2D eigenvalue weighted by Crippen LogP contribution is 2.27. The Morgan fingerprint density at radius 2 is 2.10 bits per heavy atom. The van der Waals surface area contributed by atoms with Crippen LogP contribution in [0.3, 0.4) is 0 Å². The first-order valence-corrected chi connectivity index (χ1v) is 7.74. The molecule has 2 amide bonds. The van der Waals surface area contributed by atoms with E-state index in [1.54, 1.807) is 0 Å². The van der Waals surface area contributed by atoms with Crippen LogP contribution in [-0.4, -0.2) is 29.9 Å². The van der Waals surface area contributed by atoms with E-state index in [0.29, 0.717) is 0 Å². The molecule has 5 nitrogen and oxygen atoms in total. The largest absolute Gasteiger partial charge is 0.493 e. The van der Waals surface area contributed by atoms with Gasteiger partial charge in [0.25, 0.3) is 0 Å². The van der Waals surface area contributed by atoms with Gasteiger partial charge in [0.15, 0.2) is 0 Å². The van der Waals surface area contributed by atoms with Crippen LogP contribution in [0.15, 0.2) is 18.2 Å². The van der Waals surface area contributed by atoms with Crippen molar-refractivity contribution >= 4 is 11.7 Å². The fourth-order valence-corrected chi connectivity index (χ4v) is 3.05. The molecule has 3 N–H and O–H groups in total. The van der Waals surface area contributed by atoms with Crippen LogP contribution in [-0.2, 0) is 6.42 Å². The van der Waals surface area contributed by atoms with Gasteiger partial charge in [-0.05, 0) is 49.4 Å². The van der Waals surface area contributed by atoms with Gasteiger partial charge in [-0.3, -0.25) is 0 Å². The first-order chi connectivity index (χ1) is 10.2. The van der Waals surface area contributed by atoms with Crippen LogP contribution in [0.25, 0.3) is 0 Å². The minimum absolute atomic E-state index is 0.139. The van der Waals surface area contributed by atoms with E-state index in [2.05, 4.69) is 10.6 Å². The molecule has 0 radical (unpaired) electrons. The number of rotatable bonds is 2. The monoisotopic (exact) mass is 290 g/mol. The number of benzene rings is 1. The van der Waals surface area contributed by atoms with Crippen molar-refractivity contribution in [3.63, 3.8) is 0 Å². The van der Waals surface area contributed by atoms with Gasteiger partial charge in [-0.2, -0.15) is 0 Å². The molecule has 0 saturated heterocycles. The molecule has 1 heterocycles. The number of nitrogens with one attached hydrogen (secondary N) is 2. The van der Waals surface area contributed by atoms with Crippen LogP contribution in [0.4, 0.5) is 10.5 Å². The fourth-order valence-electron chi connectivity index (χ4n) is 3.05. The number of fused-ring (bicyclic) bond motifs is 1. The molecule has 1 aliphatic heterocycles. The molecule has 1 saturated carbocycles. The molecule has 1 aliphatic carbocycles. The Balaban J connectivity index is 1.59. The van der Waals surface area contributed by atoms with E-state index in [1.807, 2.05) is 18.2 Å². The van der Waals surface area contributed by atoms with E-state index in [1.165, 1.54) is 0 Å². The normalized spacial score (nSPS) is 24.6. The number of anilines is 1. The van der Waals surface area contributed by atoms with E-state index in [-0.39, 0.29) is 12.1 Å². The standard InChI is InChI=1S/C16H22N2O3/c19-14-6-2-1-5-13(14)18-16(20)17-12-7-8-15-11(10-12)4-3-9-21-15/h7-8,10,13-14,19H,1-6,9H2,(H2,17,18,20)/t13-,14+/m0/s1. The summed E-state index contributed by atoms with van der Waals surface area (Å²) in [6, 6.07) is 5.32. The van der Waals surface area contributed by atoms with Gasteiger partial charge >= 0.3 is 6.03 Å². The van der Waals surface area contributed by atoms with Crippen molar-refractivity contribution in [1.82, 2.24) is 5.32 Å². The smallest absolute Gasteiger partial charge is 0.319 e. The molecule has 0 aromatic heterocycles. The molecule has 0 spiro atoms. The summed E-state index contributed by atoms with van der Waals surface area (Å²) in [6.45, 7) is 0.764. The molecular weight excluding hydrogens is 268 g/mol. The maximum Gasteiger partial charge on any atom is 0.319 e. The Morgan fingerprint density at radius 1 is 1.24 bits per heavy atom. The van der Waals surface area contributed by atoms with Gasteiger partial charge in [-0.1, -0.05) is 12.8 Å². The third kappa shape index (κ3) is 3.47. The quantitative estimate of drug-likeness (QED) is 0.783. The molecule has 0 bridgehead atoms. The molecule has 1 fully saturated rings. The lowest BCUT2D eigenvalue weighted by Gasteiger charge is -2.28. The first kappa shape index (κ1) is 14.2. The van der Waals surface area contributed by atoms with E-state index >= 15 is 0 Å². The third-order valence-electron chi connectivity index (χ3n) is 4.21. The van der Waals surface area contributed by atoms with Crippen LogP contribution in [0.5, 0.6) is 5.75 Å². The summed E-state index contributed by atoms with van der Waals surface area (Å²) in [7, 11) is 0. The number of amides is 2. The summed E-state index contributed by atoms with van der Waals surface area (Å²) < 4.78 is 5.56. The molecule has 1 aromatic rings. The lowest BCUT2D eigenvalue weighted by Crippen LogP contribution is -2.46. The maximum absolute atomic E-state index is 12.0. The fraction of sp³-hybridized carbons (Fsp3) is 0.562. The number of carbonyl (C=O) groups excluding carboxylic acids is 1. The van der Waals surface area contributed by atoms with E-state index in [9.17, 15) is 9.90 Å². The predicted molar refractivity (Wildman–Crippen MR) is 80.7 cm³/mol. The minimum Gasteiger partial charge on any atom is -0.493 e. The van der Waals surface area contributed by atoms with Crippen molar-refractivity contribution in [1.29, 1.82) is 0 Å². The number of aliphatic hydroxyl groups excluding tert-OH is 1. The van der Waals surface area contributed by atoms with Crippen molar-refractivity contribution < 1.29 is 14.6 Å². The molecule has 5 heteroatoms. The molecule has 21 heavy (non-hydrogen) atoms. The van der Waals surface area contributed by atoms with E-state index in [4.69, 9.17) is 4.74 Å². The van der Waals surface area contributed by atoms with Gasteiger partial charge in [0.1, 0.15) is 5.75 Å². The van der Waals surface area contributed by atoms with E-state index in [0.717, 1.165) is 62.1 Å². The van der Waals surface area contributed by atoms with Crippen LogP contribution in [0, 0.1) is 0 Å². The van der Waals surface area contributed by atoms with Gasteiger partial charge in [0.2, 0.25) is 0 Å². The number of urea groups is 1. The summed E-state index contributed by atoms with van der Waals surface area (Å²) in [6.07, 6.45) is 5.25. The van der Waals surface area contributed by atoms with Crippen LogP contribution >= 0.6 is 0 Å². The number of aliphatic hydroxyl groups is 1. The second-order valence-electron chi connectivity index (χ2n) is 5.83. The van der Waals surface area contributed by atoms with Gasteiger partial charge in [0, 0.05) is 5.69 Å². The second-order valence-corrected chi connectivity index (χ2v) is 5.83. The van der Waals surface area contributed by atoms with Gasteiger partial charge in [0.05, 0.1) is 18.8 Å². The Labute approximate surface area is 124 Å². The summed E-state index contributed by atoms with van der Waals surface area (Å²) in [4.78, 5) is 12.0. The second kappa shape index (κ2) is 6.35. The Morgan fingerprint density at radius 3 is 2.95 bits per heavy atom. The molecule has 1 aromatic carbocycles. The predicted octanol–water partition coefficient (Wildman–Crippen LogP) is 2.44. The van der Waals surface area contributed by atoms with Crippen LogP contribution in [0.2, 0.25) is 0 Å². The van der Waals surface area contributed by atoms with E-state index < -0.39 is 6.10 Å². The van der Waals surface area contributed by atoms with Crippen molar-refractivity contribution in [2.75, 3.05) is 11.9 Å². The van der Waals surface area contributed by atoms with Crippen molar-refractivity contribution in [2.45, 2.75) is 50.7 Å². The topological polar surface area (TPSA) is 70.6 Å². The Kier molecular flexibility index (Phi) is 4.29. The highest BCUT2D eigenvalue weighted by molar-refractivity contribution is 5.89. The van der Waals surface area contributed by atoms with Crippen LogP contribution < -0.4 is 15.4 Å². The number of aryl methyl sites for hydroxylation is 1. The average molecular weight is 290 g/mol. The molecule has 114 valence electrons. The Hall–Kier alpha value is -1.75. The van der Waals surface area contributed by atoms with Crippen molar-refractivity contribution in [3.05, 3.63) is 23.8 Å². The molecule has 2 atom stereocenters. The Bertz CT molecular complexity index is 518. The summed E-state index contributed by atoms with van der Waals surface area (Å²) in [5.41, 5.74) is 1.90. The molecule has 0 unspecified atom stereocenters. The summed E-state index contributed by atoms with van der Waals surface area (Å²) in [5, 5.41) is 15.6. The zero-order chi connectivity index (χ0) is 14.7. The minimum atomic E-state index is -0.429.